The Morgan fingerprint density at radius 2 is 2.10 bits per heavy atom. The Morgan fingerprint density at radius 1 is 1.26 bits per heavy atom. The Kier molecular flexibility index (Phi) is 6.41. The molecule has 3 N–H and O–H groups in total. The van der Waals surface area contributed by atoms with Gasteiger partial charge in [0.25, 0.3) is 0 Å². The lowest BCUT2D eigenvalue weighted by atomic mass is 10.1. The molecule has 0 amide bonds. The number of aryl methyl sites for hydroxylation is 1. The molecular weight excluding hydrogens is 455 g/mol. The van der Waals surface area contributed by atoms with E-state index in [-0.39, 0.29) is 5.78 Å². The number of hydrogen-bond acceptors (Lipinski definition) is 7. The van der Waals surface area contributed by atoms with Crippen molar-refractivity contribution in [2.75, 3.05) is 17.6 Å². The minimum Gasteiger partial charge on any atom is -0.382 e. The highest BCUT2D eigenvalue weighted by molar-refractivity contribution is 7.14. The molecule has 0 aliphatic heterocycles. The number of anilines is 2. The third-order valence-electron chi connectivity index (χ3n) is 4.72. The zero-order chi connectivity index (χ0) is 22.0. The first-order chi connectivity index (χ1) is 15.0. The standard InChI is InChI=1S/C21H20Cl2N6OS/c1-2-16(30)19-20(24)28-18(31-19)4-3-7-26-21-27-15(11-17-25-8-9-29(17)21)13-6-5-12(22)10-14(13)23/h5-6,8-11H,2-4,7,24H2,1H3,(H,26,27). The van der Waals surface area contributed by atoms with E-state index in [2.05, 4.69) is 15.3 Å². The van der Waals surface area contributed by atoms with Crippen LogP contribution in [0.1, 0.15) is 34.4 Å². The highest BCUT2D eigenvalue weighted by Gasteiger charge is 2.15. The molecular formula is C21H20Cl2N6OS. The number of Topliss-reactive ketones (excluding diaryl/α,β-unsaturated/α-hetero) is 1. The van der Waals surface area contributed by atoms with Gasteiger partial charge in [-0.1, -0.05) is 30.1 Å². The number of rotatable bonds is 8. The number of aromatic nitrogens is 4. The quantitative estimate of drug-likeness (QED) is 0.262. The van der Waals surface area contributed by atoms with E-state index in [1.54, 1.807) is 18.3 Å². The summed E-state index contributed by atoms with van der Waals surface area (Å²) in [5.74, 6) is 1.02. The summed E-state index contributed by atoms with van der Waals surface area (Å²) in [6.45, 7) is 2.48. The zero-order valence-corrected chi connectivity index (χ0v) is 19.1. The van der Waals surface area contributed by atoms with Crippen LogP contribution < -0.4 is 11.1 Å². The van der Waals surface area contributed by atoms with E-state index in [9.17, 15) is 4.79 Å². The second kappa shape index (κ2) is 9.21. The van der Waals surface area contributed by atoms with Crippen LogP contribution in [0.3, 0.4) is 0 Å². The van der Waals surface area contributed by atoms with Gasteiger partial charge in [-0.25, -0.2) is 15.0 Å². The van der Waals surface area contributed by atoms with E-state index < -0.39 is 0 Å². The van der Waals surface area contributed by atoms with Crippen LogP contribution in [0.5, 0.6) is 0 Å². The highest BCUT2D eigenvalue weighted by Crippen LogP contribution is 2.30. The summed E-state index contributed by atoms with van der Waals surface area (Å²) in [4.78, 5) is 25.9. The van der Waals surface area contributed by atoms with Crippen molar-refractivity contribution >= 4 is 57.7 Å². The largest absolute Gasteiger partial charge is 0.382 e. The zero-order valence-electron chi connectivity index (χ0n) is 16.7. The topological polar surface area (TPSA) is 98.2 Å². The number of ketones is 1. The number of nitrogen functional groups attached to an aromatic ring is 1. The number of halogens is 2. The van der Waals surface area contributed by atoms with Crippen LogP contribution in [0.15, 0.2) is 36.7 Å². The predicted molar refractivity (Wildman–Crippen MR) is 126 cm³/mol. The molecule has 0 unspecified atom stereocenters. The number of hydrogen-bond donors (Lipinski definition) is 2. The Labute approximate surface area is 193 Å². The van der Waals surface area contributed by atoms with E-state index in [0.29, 0.717) is 51.8 Å². The first kappa shape index (κ1) is 21.5. The Morgan fingerprint density at radius 3 is 2.87 bits per heavy atom. The Bertz CT molecular complexity index is 1250. The molecule has 4 aromatic rings. The van der Waals surface area contributed by atoms with Crippen molar-refractivity contribution in [2.24, 2.45) is 0 Å². The van der Waals surface area contributed by atoms with Crippen LogP contribution in [0, 0.1) is 0 Å². The lowest BCUT2D eigenvalue weighted by Crippen LogP contribution is -2.09. The molecule has 4 rings (SSSR count). The molecule has 7 nitrogen and oxygen atoms in total. The maximum atomic E-state index is 11.9. The van der Waals surface area contributed by atoms with Crippen LogP contribution >= 0.6 is 34.5 Å². The Balaban J connectivity index is 1.48. The molecule has 0 radical (unpaired) electrons. The van der Waals surface area contributed by atoms with Gasteiger partial charge in [0.2, 0.25) is 5.95 Å². The lowest BCUT2D eigenvalue weighted by Gasteiger charge is -2.11. The Hall–Kier alpha value is -2.68. The van der Waals surface area contributed by atoms with Crippen molar-refractivity contribution < 1.29 is 4.79 Å². The van der Waals surface area contributed by atoms with E-state index in [0.717, 1.165) is 22.6 Å². The van der Waals surface area contributed by atoms with Crippen molar-refractivity contribution in [3.8, 4) is 11.3 Å². The number of imidazole rings is 1. The van der Waals surface area contributed by atoms with Crippen molar-refractivity contribution in [3.05, 3.63) is 56.6 Å². The van der Waals surface area contributed by atoms with Gasteiger partial charge in [0, 0.05) is 48.4 Å². The number of carbonyl (C=O) groups excluding carboxylic acids is 1. The fourth-order valence-corrected chi connectivity index (χ4v) is 4.71. The molecule has 0 saturated carbocycles. The molecule has 3 heterocycles. The highest BCUT2D eigenvalue weighted by atomic mass is 35.5. The summed E-state index contributed by atoms with van der Waals surface area (Å²) in [5, 5.41) is 5.32. The maximum Gasteiger partial charge on any atom is 0.209 e. The molecule has 0 aliphatic carbocycles. The number of thiazole rings is 1. The molecule has 0 atom stereocenters. The second-order valence-electron chi connectivity index (χ2n) is 6.87. The third kappa shape index (κ3) is 4.66. The maximum absolute atomic E-state index is 11.9. The number of benzene rings is 1. The lowest BCUT2D eigenvalue weighted by molar-refractivity contribution is 0.0992. The van der Waals surface area contributed by atoms with Gasteiger partial charge in [-0.05, 0) is 24.6 Å². The van der Waals surface area contributed by atoms with Crippen molar-refractivity contribution in [1.29, 1.82) is 0 Å². The van der Waals surface area contributed by atoms with Gasteiger partial charge < -0.3 is 11.1 Å². The fourth-order valence-electron chi connectivity index (χ4n) is 3.17. The smallest absolute Gasteiger partial charge is 0.209 e. The van der Waals surface area contributed by atoms with Crippen molar-refractivity contribution in [3.63, 3.8) is 0 Å². The molecule has 31 heavy (non-hydrogen) atoms. The fraction of sp³-hybridized carbons (Fsp3) is 0.238. The number of nitrogens with zero attached hydrogens (tertiary/aromatic N) is 4. The van der Waals surface area contributed by atoms with Gasteiger partial charge in [0.15, 0.2) is 5.78 Å². The van der Waals surface area contributed by atoms with Crippen molar-refractivity contribution in [2.45, 2.75) is 26.2 Å². The van der Waals surface area contributed by atoms with E-state index in [1.165, 1.54) is 11.3 Å². The van der Waals surface area contributed by atoms with Crippen LogP contribution in [0.2, 0.25) is 10.0 Å². The second-order valence-corrected chi connectivity index (χ2v) is 8.80. The van der Waals surface area contributed by atoms with E-state index in [1.807, 2.05) is 29.7 Å². The molecule has 0 bridgehead atoms. The molecule has 0 spiro atoms. The van der Waals surface area contributed by atoms with Gasteiger partial charge >= 0.3 is 0 Å². The summed E-state index contributed by atoms with van der Waals surface area (Å²) in [6, 6.07) is 7.20. The van der Waals surface area contributed by atoms with Crippen LogP contribution in [0.25, 0.3) is 16.9 Å². The summed E-state index contributed by atoms with van der Waals surface area (Å²) >= 11 is 13.8. The third-order valence-corrected chi connectivity index (χ3v) is 6.44. The summed E-state index contributed by atoms with van der Waals surface area (Å²) in [7, 11) is 0. The SMILES string of the molecule is CCC(=O)c1sc(CCCNc2nc(-c3ccc(Cl)cc3Cl)cc3nccn23)nc1N. The van der Waals surface area contributed by atoms with Gasteiger partial charge in [-0.3, -0.25) is 9.20 Å². The van der Waals surface area contributed by atoms with Crippen LogP contribution in [-0.2, 0) is 6.42 Å². The number of carbonyl (C=O) groups is 1. The summed E-state index contributed by atoms with van der Waals surface area (Å²) < 4.78 is 1.88. The molecule has 0 aliphatic rings. The number of fused-ring (bicyclic) bond motifs is 1. The monoisotopic (exact) mass is 474 g/mol. The van der Waals surface area contributed by atoms with Gasteiger partial charge in [0.05, 0.1) is 15.7 Å². The van der Waals surface area contributed by atoms with E-state index in [4.69, 9.17) is 33.9 Å². The average molecular weight is 475 g/mol. The molecule has 10 heteroatoms. The molecule has 3 aromatic heterocycles. The number of nitrogens with two attached hydrogens (primary N) is 1. The normalized spacial score (nSPS) is 11.2. The van der Waals surface area contributed by atoms with Gasteiger partial charge in [-0.2, -0.15) is 0 Å². The molecule has 0 saturated heterocycles. The molecule has 1 aromatic carbocycles. The average Bonchev–Trinajstić information content (AvgIpc) is 3.36. The van der Waals surface area contributed by atoms with Crippen molar-refractivity contribution in [1.82, 2.24) is 19.4 Å². The molecule has 0 fully saturated rings. The van der Waals surface area contributed by atoms with Gasteiger partial charge in [0.1, 0.15) is 16.3 Å². The minimum atomic E-state index is 0.0313. The van der Waals surface area contributed by atoms with E-state index >= 15 is 0 Å². The first-order valence-electron chi connectivity index (χ1n) is 9.78. The van der Waals surface area contributed by atoms with Crippen LogP contribution in [-0.4, -0.2) is 31.7 Å². The number of nitrogens with one attached hydrogen (secondary N) is 1. The van der Waals surface area contributed by atoms with Gasteiger partial charge in [-0.15, -0.1) is 11.3 Å². The predicted octanol–water partition coefficient (Wildman–Crippen LogP) is 5.38. The molecule has 160 valence electrons. The van der Waals surface area contributed by atoms with Crippen LogP contribution in [0.4, 0.5) is 11.8 Å². The first-order valence-corrected chi connectivity index (χ1v) is 11.3. The summed E-state index contributed by atoms with van der Waals surface area (Å²) in [6.07, 6.45) is 5.52. The summed E-state index contributed by atoms with van der Waals surface area (Å²) in [5.41, 5.74) is 8.13. The minimum absolute atomic E-state index is 0.0313.